The molecule has 0 saturated heterocycles. The minimum atomic E-state index is -0.0680. The van der Waals surface area contributed by atoms with E-state index in [2.05, 4.69) is 15.3 Å². The molecule has 0 spiro atoms. The zero-order valence-corrected chi connectivity index (χ0v) is 10.1. The lowest BCUT2D eigenvalue weighted by atomic mass is 10.0. The van der Waals surface area contributed by atoms with Gasteiger partial charge in [-0.15, -0.1) is 0 Å². The first kappa shape index (κ1) is 13.1. The number of aryl methyl sites for hydroxylation is 2. The fourth-order valence-electron chi connectivity index (χ4n) is 1.66. The Morgan fingerprint density at radius 3 is 2.65 bits per heavy atom. The second kappa shape index (κ2) is 6.55. The van der Waals surface area contributed by atoms with Crippen molar-refractivity contribution < 1.29 is 4.79 Å². The van der Waals surface area contributed by atoms with Crippen molar-refractivity contribution in [2.75, 3.05) is 13.1 Å². The fraction of sp³-hybridized carbons (Fsp3) is 0.417. The normalized spacial score (nSPS) is 9.53. The highest BCUT2D eigenvalue weighted by Crippen LogP contribution is 2.12. The van der Waals surface area contributed by atoms with Crippen molar-refractivity contribution in [3.8, 4) is 0 Å². The first-order chi connectivity index (χ1) is 8.16. The van der Waals surface area contributed by atoms with Crippen LogP contribution in [0.1, 0.15) is 27.9 Å². The Hall–Kier alpha value is -2.00. The molecule has 1 N–H and O–H groups in total. The standard InChI is InChI=1S/C12H16N4O/c1-9-5-3-6-10(2)11(9)12(17)14-7-4-8-15-16-13/h3,5-6H,4,7-8H2,1-2H3,(H,14,17). The molecule has 0 radical (unpaired) electrons. The SMILES string of the molecule is Cc1cccc(C)c1C(=O)NCCCN=[N+]=[N-]. The van der Waals surface area contributed by atoms with Gasteiger partial charge >= 0.3 is 0 Å². The van der Waals surface area contributed by atoms with Crippen LogP contribution in [0.4, 0.5) is 0 Å². The molecule has 0 unspecified atom stereocenters. The summed E-state index contributed by atoms with van der Waals surface area (Å²) in [5, 5.41) is 6.22. The molecule has 0 aliphatic heterocycles. The Morgan fingerprint density at radius 2 is 2.06 bits per heavy atom. The zero-order chi connectivity index (χ0) is 12.7. The highest BCUT2D eigenvalue weighted by Gasteiger charge is 2.10. The molecule has 1 amide bonds. The lowest BCUT2D eigenvalue weighted by molar-refractivity contribution is 0.0952. The lowest BCUT2D eigenvalue weighted by Gasteiger charge is -2.09. The Balaban J connectivity index is 2.55. The van der Waals surface area contributed by atoms with Gasteiger partial charge in [0.2, 0.25) is 0 Å². The molecule has 1 aromatic rings. The van der Waals surface area contributed by atoms with E-state index in [0.29, 0.717) is 19.5 Å². The summed E-state index contributed by atoms with van der Waals surface area (Å²) in [4.78, 5) is 14.6. The molecule has 5 nitrogen and oxygen atoms in total. The summed E-state index contributed by atoms with van der Waals surface area (Å²) in [6.07, 6.45) is 0.654. The number of rotatable bonds is 5. The largest absolute Gasteiger partial charge is 0.352 e. The third-order valence-corrected chi connectivity index (χ3v) is 2.49. The molecule has 1 aromatic carbocycles. The van der Waals surface area contributed by atoms with Crippen molar-refractivity contribution in [2.24, 2.45) is 5.11 Å². The number of amides is 1. The van der Waals surface area contributed by atoms with E-state index in [-0.39, 0.29) is 5.91 Å². The molecule has 90 valence electrons. The molecule has 17 heavy (non-hydrogen) atoms. The van der Waals surface area contributed by atoms with Crippen molar-refractivity contribution in [3.63, 3.8) is 0 Å². The van der Waals surface area contributed by atoms with Gasteiger partial charge < -0.3 is 5.32 Å². The Bertz CT molecular complexity index is 430. The lowest BCUT2D eigenvalue weighted by Crippen LogP contribution is -2.26. The van der Waals surface area contributed by atoms with Gasteiger partial charge in [0.15, 0.2) is 0 Å². The third kappa shape index (κ3) is 3.81. The Labute approximate surface area is 100 Å². The summed E-state index contributed by atoms with van der Waals surface area (Å²) < 4.78 is 0. The predicted molar refractivity (Wildman–Crippen MR) is 66.9 cm³/mol. The molecule has 1 rings (SSSR count). The maximum atomic E-state index is 11.9. The van der Waals surface area contributed by atoms with Gasteiger partial charge in [-0.2, -0.15) is 0 Å². The Morgan fingerprint density at radius 1 is 1.41 bits per heavy atom. The number of nitrogens with one attached hydrogen (secondary N) is 1. The van der Waals surface area contributed by atoms with E-state index in [4.69, 9.17) is 5.53 Å². The van der Waals surface area contributed by atoms with Gasteiger partial charge in [0.05, 0.1) is 0 Å². The van der Waals surface area contributed by atoms with Crippen molar-refractivity contribution in [3.05, 3.63) is 45.3 Å². The van der Waals surface area contributed by atoms with E-state index in [0.717, 1.165) is 16.7 Å². The van der Waals surface area contributed by atoms with Crippen LogP contribution in [0.15, 0.2) is 23.3 Å². The molecule has 0 heterocycles. The molecule has 0 atom stereocenters. The number of nitrogens with zero attached hydrogens (tertiary/aromatic N) is 3. The van der Waals surface area contributed by atoms with Crippen LogP contribution in [0, 0.1) is 13.8 Å². The number of carbonyl (C=O) groups is 1. The van der Waals surface area contributed by atoms with Crippen LogP contribution in [0.2, 0.25) is 0 Å². The van der Waals surface area contributed by atoms with Gasteiger partial charge in [-0.1, -0.05) is 23.3 Å². The van der Waals surface area contributed by atoms with E-state index in [1.54, 1.807) is 0 Å². The summed E-state index contributed by atoms with van der Waals surface area (Å²) in [6, 6.07) is 5.77. The highest BCUT2D eigenvalue weighted by molar-refractivity contribution is 5.96. The van der Waals surface area contributed by atoms with Gasteiger partial charge in [0.25, 0.3) is 5.91 Å². The van der Waals surface area contributed by atoms with Crippen LogP contribution >= 0.6 is 0 Å². The summed E-state index contributed by atoms with van der Waals surface area (Å²) in [5.74, 6) is -0.0680. The van der Waals surface area contributed by atoms with E-state index in [9.17, 15) is 4.79 Å². The summed E-state index contributed by atoms with van der Waals surface area (Å²) in [7, 11) is 0. The summed E-state index contributed by atoms with van der Waals surface area (Å²) >= 11 is 0. The summed E-state index contributed by atoms with van der Waals surface area (Å²) in [5.41, 5.74) is 10.8. The maximum absolute atomic E-state index is 11.9. The number of hydrogen-bond acceptors (Lipinski definition) is 2. The van der Waals surface area contributed by atoms with Crippen LogP contribution in [0.5, 0.6) is 0 Å². The number of hydrogen-bond donors (Lipinski definition) is 1. The van der Waals surface area contributed by atoms with E-state index < -0.39 is 0 Å². The zero-order valence-electron chi connectivity index (χ0n) is 10.1. The molecular weight excluding hydrogens is 216 g/mol. The molecule has 0 aliphatic rings. The molecule has 0 saturated carbocycles. The van der Waals surface area contributed by atoms with Gasteiger partial charge in [-0.25, -0.2) is 0 Å². The average Bonchev–Trinajstić information content (AvgIpc) is 2.28. The van der Waals surface area contributed by atoms with Crippen molar-refractivity contribution in [1.29, 1.82) is 0 Å². The minimum Gasteiger partial charge on any atom is -0.352 e. The van der Waals surface area contributed by atoms with Gasteiger partial charge in [0, 0.05) is 23.6 Å². The topological polar surface area (TPSA) is 77.9 Å². The van der Waals surface area contributed by atoms with E-state index in [1.165, 1.54) is 0 Å². The smallest absolute Gasteiger partial charge is 0.251 e. The molecule has 5 heteroatoms. The van der Waals surface area contributed by atoms with E-state index >= 15 is 0 Å². The molecule has 0 bridgehead atoms. The highest BCUT2D eigenvalue weighted by atomic mass is 16.1. The van der Waals surface area contributed by atoms with Crippen LogP contribution in [-0.2, 0) is 0 Å². The average molecular weight is 232 g/mol. The maximum Gasteiger partial charge on any atom is 0.251 e. The number of carbonyl (C=O) groups excluding carboxylic acids is 1. The third-order valence-electron chi connectivity index (χ3n) is 2.49. The molecule has 0 aliphatic carbocycles. The van der Waals surface area contributed by atoms with Crippen LogP contribution in [0.25, 0.3) is 10.4 Å². The predicted octanol–water partition coefficient (Wildman–Crippen LogP) is 2.73. The van der Waals surface area contributed by atoms with Crippen molar-refractivity contribution >= 4 is 5.91 Å². The second-order valence-electron chi connectivity index (χ2n) is 3.83. The first-order valence-electron chi connectivity index (χ1n) is 5.52. The van der Waals surface area contributed by atoms with Gasteiger partial charge in [-0.3, -0.25) is 4.79 Å². The van der Waals surface area contributed by atoms with E-state index in [1.807, 2.05) is 32.0 Å². The monoisotopic (exact) mass is 232 g/mol. The van der Waals surface area contributed by atoms with Crippen molar-refractivity contribution in [2.45, 2.75) is 20.3 Å². The number of benzene rings is 1. The van der Waals surface area contributed by atoms with Crippen molar-refractivity contribution in [1.82, 2.24) is 5.32 Å². The molecule has 0 aromatic heterocycles. The van der Waals surface area contributed by atoms with Crippen LogP contribution < -0.4 is 5.32 Å². The minimum absolute atomic E-state index is 0.0680. The number of azide groups is 1. The first-order valence-corrected chi connectivity index (χ1v) is 5.52. The molecule has 0 fully saturated rings. The quantitative estimate of drug-likeness (QED) is 0.360. The van der Waals surface area contributed by atoms with Crippen LogP contribution in [0.3, 0.4) is 0 Å². The van der Waals surface area contributed by atoms with Gasteiger partial charge in [0.1, 0.15) is 0 Å². The second-order valence-corrected chi connectivity index (χ2v) is 3.83. The summed E-state index contributed by atoms with van der Waals surface area (Å²) in [6.45, 7) is 4.76. The van der Waals surface area contributed by atoms with Crippen LogP contribution in [-0.4, -0.2) is 19.0 Å². The van der Waals surface area contributed by atoms with Gasteiger partial charge in [-0.05, 0) is 36.9 Å². The fourth-order valence-corrected chi connectivity index (χ4v) is 1.66. The molecular formula is C12H16N4O. The Kier molecular flexibility index (Phi) is 5.04.